The highest BCUT2D eigenvalue weighted by molar-refractivity contribution is 6.31. The van der Waals surface area contributed by atoms with Crippen LogP contribution in [0.15, 0.2) is 22.7 Å². The minimum Gasteiger partial charge on any atom is -0.356 e. The Labute approximate surface area is 116 Å². The smallest absolute Gasteiger partial charge is 0.168 e. The van der Waals surface area contributed by atoms with Gasteiger partial charge in [-0.1, -0.05) is 16.8 Å². The molecular weight excluding hydrogens is 264 g/mol. The normalized spacial score (nSPS) is 17.9. The van der Waals surface area contributed by atoms with Gasteiger partial charge in [-0.25, -0.2) is 0 Å². The Morgan fingerprint density at radius 2 is 2.21 bits per heavy atom. The van der Waals surface area contributed by atoms with Crippen LogP contribution in [0.3, 0.4) is 0 Å². The standard InChI is InChI=1S/C14H15ClN2O2/c15-11-1-2-12-13(9-11)19-16-14(12)10-3-5-17(6-4-10)7-8-18/h1-2,8-10H,3-7H2. The van der Waals surface area contributed by atoms with Crippen LogP contribution in [0.4, 0.5) is 0 Å². The molecule has 0 unspecified atom stereocenters. The highest BCUT2D eigenvalue weighted by Crippen LogP contribution is 2.33. The highest BCUT2D eigenvalue weighted by Gasteiger charge is 2.24. The monoisotopic (exact) mass is 278 g/mol. The minimum atomic E-state index is 0.408. The number of piperidine rings is 1. The van der Waals surface area contributed by atoms with Gasteiger partial charge in [-0.2, -0.15) is 0 Å². The average Bonchev–Trinajstić information content (AvgIpc) is 2.83. The quantitative estimate of drug-likeness (QED) is 0.810. The molecule has 1 aromatic heterocycles. The van der Waals surface area contributed by atoms with Gasteiger partial charge in [-0.05, 0) is 38.1 Å². The third-order valence-corrected chi connectivity index (χ3v) is 4.00. The maximum Gasteiger partial charge on any atom is 0.168 e. The fourth-order valence-electron chi connectivity index (χ4n) is 2.72. The van der Waals surface area contributed by atoms with Gasteiger partial charge in [0, 0.05) is 22.4 Å². The fourth-order valence-corrected chi connectivity index (χ4v) is 2.88. The second-order valence-corrected chi connectivity index (χ2v) is 5.39. The average molecular weight is 279 g/mol. The number of aromatic nitrogens is 1. The molecule has 0 atom stereocenters. The molecule has 0 radical (unpaired) electrons. The molecule has 1 aliphatic rings. The molecule has 2 heterocycles. The van der Waals surface area contributed by atoms with E-state index in [1.165, 1.54) is 0 Å². The van der Waals surface area contributed by atoms with E-state index in [1.807, 2.05) is 12.1 Å². The van der Waals surface area contributed by atoms with E-state index in [0.29, 0.717) is 17.5 Å². The molecule has 0 saturated carbocycles. The molecule has 100 valence electrons. The van der Waals surface area contributed by atoms with E-state index in [4.69, 9.17) is 16.1 Å². The van der Waals surface area contributed by atoms with Crippen LogP contribution in [0.25, 0.3) is 11.0 Å². The fraction of sp³-hybridized carbons (Fsp3) is 0.429. The van der Waals surface area contributed by atoms with E-state index >= 15 is 0 Å². The van der Waals surface area contributed by atoms with Gasteiger partial charge in [0.05, 0.1) is 12.2 Å². The van der Waals surface area contributed by atoms with Gasteiger partial charge in [-0.15, -0.1) is 0 Å². The molecular formula is C14H15ClN2O2. The molecule has 0 N–H and O–H groups in total. The molecule has 4 nitrogen and oxygen atoms in total. The van der Waals surface area contributed by atoms with Crippen LogP contribution in [0.2, 0.25) is 5.02 Å². The second kappa shape index (κ2) is 5.31. The summed E-state index contributed by atoms with van der Waals surface area (Å²) in [7, 11) is 0. The van der Waals surface area contributed by atoms with Crippen molar-refractivity contribution >= 4 is 28.9 Å². The van der Waals surface area contributed by atoms with Gasteiger partial charge in [0.1, 0.15) is 6.29 Å². The van der Waals surface area contributed by atoms with Crippen molar-refractivity contribution in [1.82, 2.24) is 10.1 Å². The van der Waals surface area contributed by atoms with E-state index in [1.54, 1.807) is 6.07 Å². The predicted molar refractivity (Wildman–Crippen MR) is 73.5 cm³/mol. The van der Waals surface area contributed by atoms with Crippen LogP contribution in [0.1, 0.15) is 24.5 Å². The summed E-state index contributed by atoms with van der Waals surface area (Å²) >= 11 is 5.94. The topological polar surface area (TPSA) is 46.3 Å². The summed E-state index contributed by atoms with van der Waals surface area (Å²) in [5.74, 6) is 0.408. The van der Waals surface area contributed by atoms with E-state index in [0.717, 1.165) is 48.9 Å². The second-order valence-electron chi connectivity index (χ2n) is 4.95. The molecule has 0 spiro atoms. The SMILES string of the molecule is O=CCN1CCC(c2noc3cc(Cl)ccc23)CC1. The Bertz CT molecular complexity index is 588. The van der Waals surface area contributed by atoms with Gasteiger partial charge < -0.3 is 9.32 Å². The number of hydrogen-bond acceptors (Lipinski definition) is 4. The van der Waals surface area contributed by atoms with Crippen molar-refractivity contribution in [3.05, 3.63) is 28.9 Å². The van der Waals surface area contributed by atoms with E-state index in [-0.39, 0.29) is 0 Å². The minimum absolute atomic E-state index is 0.408. The van der Waals surface area contributed by atoms with Crippen molar-refractivity contribution in [3.8, 4) is 0 Å². The number of nitrogens with zero attached hydrogens (tertiary/aromatic N) is 2. The summed E-state index contributed by atoms with van der Waals surface area (Å²) in [5.41, 5.74) is 1.77. The molecule has 1 aromatic carbocycles. The number of hydrogen-bond donors (Lipinski definition) is 0. The number of rotatable bonds is 3. The van der Waals surface area contributed by atoms with Gasteiger partial charge in [-0.3, -0.25) is 4.90 Å². The summed E-state index contributed by atoms with van der Waals surface area (Å²) < 4.78 is 5.35. The molecule has 5 heteroatoms. The van der Waals surface area contributed by atoms with Gasteiger partial charge >= 0.3 is 0 Å². The maximum atomic E-state index is 10.5. The van der Waals surface area contributed by atoms with Crippen molar-refractivity contribution in [2.45, 2.75) is 18.8 Å². The largest absolute Gasteiger partial charge is 0.356 e. The summed E-state index contributed by atoms with van der Waals surface area (Å²) in [4.78, 5) is 12.7. The van der Waals surface area contributed by atoms with Crippen LogP contribution >= 0.6 is 11.6 Å². The zero-order chi connectivity index (χ0) is 13.2. The van der Waals surface area contributed by atoms with E-state index < -0.39 is 0 Å². The molecule has 3 rings (SSSR count). The third-order valence-electron chi connectivity index (χ3n) is 3.77. The van der Waals surface area contributed by atoms with Gasteiger partial charge in [0.25, 0.3) is 0 Å². The number of carbonyl (C=O) groups is 1. The van der Waals surface area contributed by atoms with Gasteiger partial charge in [0.2, 0.25) is 0 Å². The first-order chi connectivity index (χ1) is 9.28. The van der Waals surface area contributed by atoms with Gasteiger partial charge in [0.15, 0.2) is 5.58 Å². The Morgan fingerprint density at radius 3 is 2.95 bits per heavy atom. The first-order valence-corrected chi connectivity index (χ1v) is 6.86. The molecule has 1 saturated heterocycles. The highest BCUT2D eigenvalue weighted by atomic mass is 35.5. The lowest BCUT2D eigenvalue weighted by molar-refractivity contribution is -0.109. The number of fused-ring (bicyclic) bond motifs is 1. The van der Waals surface area contributed by atoms with Crippen LogP contribution in [-0.4, -0.2) is 36.0 Å². The molecule has 19 heavy (non-hydrogen) atoms. The predicted octanol–water partition coefficient (Wildman–Crippen LogP) is 2.86. The zero-order valence-electron chi connectivity index (χ0n) is 10.5. The van der Waals surface area contributed by atoms with Crippen LogP contribution < -0.4 is 0 Å². The number of benzene rings is 1. The summed E-state index contributed by atoms with van der Waals surface area (Å²) in [6.45, 7) is 2.40. The molecule has 1 aliphatic heterocycles. The Kier molecular flexibility index (Phi) is 3.53. The molecule has 0 aliphatic carbocycles. The lowest BCUT2D eigenvalue weighted by Gasteiger charge is -2.29. The molecule has 0 amide bonds. The third kappa shape index (κ3) is 2.51. The number of likely N-dealkylation sites (tertiary alicyclic amines) is 1. The number of halogens is 1. The summed E-state index contributed by atoms with van der Waals surface area (Å²) in [5, 5.41) is 5.93. The molecule has 1 fully saturated rings. The van der Waals surface area contributed by atoms with Crippen molar-refractivity contribution in [3.63, 3.8) is 0 Å². The molecule has 0 bridgehead atoms. The first-order valence-electron chi connectivity index (χ1n) is 6.49. The maximum absolute atomic E-state index is 10.5. The van der Waals surface area contributed by atoms with Crippen LogP contribution in [0.5, 0.6) is 0 Å². The lowest BCUT2D eigenvalue weighted by Crippen LogP contribution is -2.34. The van der Waals surface area contributed by atoms with E-state index in [2.05, 4.69) is 10.1 Å². The van der Waals surface area contributed by atoms with Crippen LogP contribution in [0, 0.1) is 0 Å². The summed E-state index contributed by atoms with van der Waals surface area (Å²) in [6.07, 6.45) is 2.99. The zero-order valence-corrected chi connectivity index (χ0v) is 11.3. The van der Waals surface area contributed by atoms with Crippen molar-refractivity contribution < 1.29 is 9.32 Å². The Morgan fingerprint density at radius 1 is 1.42 bits per heavy atom. The van der Waals surface area contributed by atoms with Crippen molar-refractivity contribution in [2.75, 3.05) is 19.6 Å². The van der Waals surface area contributed by atoms with Crippen molar-refractivity contribution in [1.29, 1.82) is 0 Å². The Hall–Kier alpha value is -1.39. The number of aldehydes is 1. The van der Waals surface area contributed by atoms with Crippen LogP contribution in [-0.2, 0) is 4.79 Å². The number of carbonyl (C=O) groups excluding carboxylic acids is 1. The summed E-state index contributed by atoms with van der Waals surface area (Å²) in [6, 6.07) is 5.64. The lowest BCUT2D eigenvalue weighted by atomic mass is 9.92. The first kappa shape index (κ1) is 12.6. The van der Waals surface area contributed by atoms with Crippen molar-refractivity contribution in [2.24, 2.45) is 0 Å². The Balaban J connectivity index is 1.80. The molecule has 2 aromatic rings. The van der Waals surface area contributed by atoms with E-state index in [9.17, 15) is 4.79 Å².